The van der Waals surface area contributed by atoms with Crippen molar-refractivity contribution in [2.75, 3.05) is 5.32 Å². The third-order valence-electron chi connectivity index (χ3n) is 8.11. The number of fused-ring (bicyclic) bond motifs is 4. The molecule has 0 aromatic heterocycles. The molecule has 1 N–H and O–H groups in total. The monoisotopic (exact) mass is 584 g/mol. The molecule has 0 fully saturated rings. The number of halogens is 1. The van der Waals surface area contributed by atoms with Crippen LogP contribution in [0.5, 0.6) is 5.75 Å². The average Bonchev–Trinajstić information content (AvgIpc) is 3.50. The molecule has 3 atom stereocenters. The van der Waals surface area contributed by atoms with Gasteiger partial charge in [0.2, 0.25) is 0 Å². The molecule has 1 aliphatic heterocycles. The Labute approximate surface area is 243 Å². The number of allylic oxidation sites excluding steroid dienone is 2. The molecule has 1 heterocycles. The third kappa shape index (κ3) is 4.84. The largest absolute Gasteiger partial charge is 0.488 e. The molecule has 5 aromatic rings. The Bertz CT molecular complexity index is 1740. The van der Waals surface area contributed by atoms with Crippen LogP contribution in [0.3, 0.4) is 0 Å². The fourth-order valence-corrected chi connectivity index (χ4v) is 6.59. The Morgan fingerprint density at radius 3 is 2.60 bits per heavy atom. The molecular formula is C36H29BrN2O. The van der Waals surface area contributed by atoms with E-state index in [2.05, 4.69) is 124 Å². The fourth-order valence-electron chi connectivity index (χ4n) is 6.08. The predicted molar refractivity (Wildman–Crippen MR) is 169 cm³/mol. The molecule has 2 aliphatic rings. The van der Waals surface area contributed by atoms with Crippen LogP contribution in [-0.2, 0) is 6.61 Å². The van der Waals surface area contributed by atoms with E-state index in [0.29, 0.717) is 24.5 Å². The third-order valence-corrected chi connectivity index (χ3v) is 8.73. The minimum absolute atomic E-state index is 0.297. The zero-order chi connectivity index (χ0) is 26.9. The van der Waals surface area contributed by atoms with Crippen LogP contribution in [-0.4, -0.2) is 6.21 Å². The van der Waals surface area contributed by atoms with E-state index in [1.165, 1.54) is 33.2 Å². The molecule has 1 aliphatic carbocycles. The van der Waals surface area contributed by atoms with Crippen LogP contribution >= 0.6 is 15.9 Å². The maximum atomic E-state index is 6.17. The van der Waals surface area contributed by atoms with Crippen LogP contribution in [0.1, 0.15) is 40.6 Å². The normalized spacial score (nSPS) is 19.4. The summed E-state index contributed by atoms with van der Waals surface area (Å²) in [6, 6.07) is 38.5. The molecule has 0 bridgehead atoms. The van der Waals surface area contributed by atoms with Gasteiger partial charge in [0.1, 0.15) is 12.4 Å². The van der Waals surface area contributed by atoms with Crippen molar-refractivity contribution < 1.29 is 4.74 Å². The van der Waals surface area contributed by atoms with Gasteiger partial charge in [-0.25, -0.2) is 0 Å². The number of hydrogen-bond donors (Lipinski definition) is 1. The maximum Gasteiger partial charge on any atom is 0.134 e. The topological polar surface area (TPSA) is 33.6 Å². The molecule has 7 rings (SSSR count). The van der Waals surface area contributed by atoms with Crippen LogP contribution in [0, 0.1) is 5.92 Å². The van der Waals surface area contributed by atoms with Gasteiger partial charge in [-0.2, -0.15) is 0 Å². The van der Waals surface area contributed by atoms with Crippen molar-refractivity contribution in [2.24, 2.45) is 10.9 Å². The van der Waals surface area contributed by atoms with Gasteiger partial charge in [0.05, 0.1) is 16.2 Å². The molecular weight excluding hydrogens is 556 g/mol. The fraction of sp³-hybridized carbons (Fsp3) is 0.139. The minimum Gasteiger partial charge on any atom is -0.488 e. The van der Waals surface area contributed by atoms with Crippen molar-refractivity contribution in [3.8, 4) is 5.75 Å². The summed E-state index contributed by atoms with van der Waals surface area (Å²) in [5.41, 5.74) is 7.09. The second kappa shape index (κ2) is 10.8. The first-order valence-electron chi connectivity index (χ1n) is 13.8. The van der Waals surface area contributed by atoms with Crippen LogP contribution in [0.4, 0.5) is 11.4 Å². The molecule has 0 spiro atoms. The van der Waals surface area contributed by atoms with E-state index in [0.717, 1.165) is 27.9 Å². The van der Waals surface area contributed by atoms with Gasteiger partial charge < -0.3 is 10.1 Å². The summed E-state index contributed by atoms with van der Waals surface area (Å²) < 4.78 is 7.08. The summed E-state index contributed by atoms with van der Waals surface area (Å²) in [5, 5.41) is 6.25. The van der Waals surface area contributed by atoms with Gasteiger partial charge in [0.15, 0.2) is 0 Å². The van der Waals surface area contributed by atoms with Crippen molar-refractivity contribution in [1.29, 1.82) is 0 Å². The van der Waals surface area contributed by atoms with Gasteiger partial charge in [-0.05, 0) is 97.7 Å². The highest BCUT2D eigenvalue weighted by molar-refractivity contribution is 9.10. The maximum absolute atomic E-state index is 6.17. The van der Waals surface area contributed by atoms with Gasteiger partial charge in [0, 0.05) is 17.8 Å². The average molecular weight is 586 g/mol. The first-order chi connectivity index (χ1) is 19.7. The van der Waals surface area contributed by atoms with Crippen molar-refractivity contribution in [2.45, 2.75) is 25.0 Å². The molecule has 0 unspecified atom stereocenters. The van der Waals surface area contributed by atoms with E-state index in [-0.39, 0.29) is 0 Å². The molecule has 0 amide bonds. The Kier molecular flexibility index (Phi) is 6.70. The zero-order valence-corrected chi connectivity index (χ0v) is 23.6. The van der Waals surface area contributed by atoms with Gasteiger partial charge in [-0.15, -0.1) is 0 Å². The number of rotatable bonds is 6. The summed E-state index contributed by atoms with van der Waals surface area (Å²) >= 11 is 3.69. The highest BCUT2D eigenvalue weighted by atomic mass is 79.9. The van der Waals surface area contributed by atoms with Crippen molar-refractivity contribution in [1.82, 2.24) is 0 Å². The standard InChI is InChI=1S/C36H29BrN2O/c37-33-21-24(15-20-35(33)40-23-27-9-5-8-25-7-1-2-10-29(25)27)22-38-28-18-16-26(17-19-28)36-32-13-6-12-30(32)31-11-3-4-14-34(31)39-36/h1-12,14-22,30,32,36,39H,13,23H2/t30-,32+,36+/m1/s1. The zero-order valence-electron chi connectivity index (χ0n) is 22.0. The van der Waals surface area contributed by atoms with E-state index in [1.54, 1.807) is 0 Å². The Morgan fingerprint density at radius 2 is 1.70 bits per heavy atom. The molecule has 0 saturated carbocycles. The second-order valence-corrected chi connectivity index (χ2v) is 11.4. The van der Waals surface area contributed by atoms with Crippen molar-refractivity contribution in [3.63, 3.8) is 0 Å². The second-order valence-electron chi connectivity index (χ2n) is 10.5. The molecule has 3 nitrogen and oxygen atoms in total. The lowest BCUT2D eigenvalue weighted by Gasteiger charge is -2.37. The van der Waals surface area contributed by atoms with Gasteiger partial charge in [-0.3, -0.25) is 4.99 Å². The molecule has 40 heavy (non-hydrogen) atoms. The first kappa shape index (κ1) is 24.9. The number of benzene rings is 5. The number of nitrogens with zero attached hydrogens (tertiary/aromatic N) is 1. The summed E-state index contributed by atoms with van der Waals surface area (Å²) in [6.45, 7) is 0.513. The molecule has 0 radical (unpaired) electrons. The first-order valence-corrected chi connectivity index (χ1v) is 14.6. The Hall–Kier alpha value is -4.15. The van der Waals surface area contributed by atoms with Crippen LogP contribution < -0.4 is 10.1 Å². The van der Waals surface area contributed by atoms with E-state index in [9.17, 15) is 0 Å². The summed E-state index contributed by atoms with van der Waals surface area (Å²) in [4.78, 5) is 4.74. The summed E-state index contributed by atoms with van der Waals surface area (Å²) in [7, 11) is 0. The van der Waals surface area contributed by atoms with Gasteiger partial charge in [-0.1, -0.05) is 84.9 Å². The van der Waals surface area contributed by atoms with Crippen molar-refractivity contribution in [3.05, 3.63) is 148 Å². The molecule has 0 saturated heterocycles. The molecule has 4 heteroatoms. The van der Waals surface area contributed by atoms with Crippen molar-refractivity contribution >= 4 is 44.3 Å². The Morgan fingerprint density at radius 1 is 0.875 bits per heavy atom. The molecule has 196 valence electrons. The number of nitrogens with one attached hydrogen (secondary N) is 1. The number of aliphatic imine (C=N–C) groups is 1. The number of para-hydroxylation sites is 1. The van der Waals surface area contributed by atoms with E-state index in [4.69, 9.17) is 9.73 Å². The smallest absolute Gasteiger partial charge is 0.134 e. The number of anilines is 1. The minimum atomic E-state index is 0.297. The van der Waals surface area contributed by atoms with E-state index in [1.807, 2.05) is 24.4 Å². The number of hydrogen-bond acceptors (Lipinski definition) is 3. The van der Waals surface area contributed by atoms with E-state index >= 15 is 0 Å². The molecule has 5 aromatic carbocycles. The van der Waals surface area contributed by atoms with Crippen LogP contribution in [0.15, 0.2) is 131 Å². The highest BCUT2D eigenvalue weighted by Gasteiger charge is 2.37. The summed E-state index contributed by atoms with van der Waals surface area (Å²) in [6.07, 6.45) is 7.73. The van der Waals surface area contributed by atoms with Gasteiger partial charge >= 0.3 is 0 Å². The van der Waals surface area contributed by atoms with E-state index < -0.39 is 0 Å². The predicted octanol–water partition coefficient (Wildman–Crippen LogP) is 9.76. The van der Waals surface area contributed by atoms with Crippen LogP contribution in [0.2, 0.25) is 0 Å². The van der Waals surface area contributed by atoms with Crippen LogP contribution in [0.25, 0.3) is 10.8 Å². The Balaban J connectivity index is 1.03. The SMILES string of the molecule is Brc1cc(C=Nc2ccc([C@@H]3Nc4ccccc4[C@H]4C=CC[C@@H]43)cc2)ccc1OCc1cccc2ccccc12. The summed E-state index contributed by atoms with van der Waals surface area (Å²) in [5.74, 6) is 1.84. The lowest BCUT2D eigenvalue weighted by Crippen LogP contribution is -2.28. The number of ether oxygens (including phenoxy) is 1. The quantitative estimate of drug-likeness (QED) is 0.159. The highest BCUT2D eigenvalue weighted by Crippen LogP contribution is 2.49. The lowest BCUT2D eigenvalue weighted by molar-refractivity contribution is 0.305. The van der Waals surface area contributed by atoms with Gasteiger partial charge in [0.25, 0.3) is 0 Å². The lowest BCUT2D eigenvalue weighted by atomic mass is 9.77.